The first-order valence-electron chi connectivity index (χ1n) is 6.74. The first kappa shape index (κ1) is 17.4. The third-order valence-corrected chi connectivity index (χ3v) is 4.25. The minimum Gasteiger partial charge on any atom is -0.369 e. The van der Waals surface area contributed by atoms with E-state index in [9.17, 15) is 13.2 Å². The second-order valence-corrected chi connectivity index (χ2v) is 7.23. The summed E-state index contributed by atoms with van der Waals surface area (Å²) in [4.78, 5) is 11.0. The molecule has 0 aromatic heterocycles. The summed E-state index contributed by atoms with van der Waals surface area (Å²) in [5.41, 5.74) is 7.01. The molecule has 2 N–H and O–H groups in total. The Morgan fingerprint density at radius 2 is 1.86 bits per heavy atom. The van der Waals surface area contributed by atoms with Crippen LogP contribution in [0.1, 0.15) is 25.0 Å². The van der Waals surface area contributed by atoms with Crippen LogP contribution in [0.5, 0.6) is 0 Å². The van der Waals surface area contributed by atoms with Gasteiger partial charge in [-0.15, -0.1) is 0 Å². The molecule has 0 saturated carbocycles. The number of amides is 1. The Morgan fingerprint density at radius 3 is 2.33 bits per heavy atom. The van der Waals surface area contributed by atoms with E-state index in [2.05, 4.69) is 0 Å². The molecule has 1 aromatic carbocycles. The zero-order valence-electron chi connectivity index (χ0n) is 12.6. The number of nitrogens with zero attached hydrogens (tertiary/aromatic N) is 1. The van der Waals surface area contributed by atoms with E-state index in [0.717, 1.165) is 20.8 Å². The maximum absolute atomic E-state index is 12.3. The van der Waals surface area contributed by atoms with E-state index in [0.29, 0.717) is 0 Å². The van der Waals surface area contributed by atoms with Crippen molar-refractivity contribution in [2.45, 2.75) is 20.8 Å². The molecule has 0 fully saturated rings. The summed E-state index contributed by atoms with van der Waals surface area (Å²) in [5, 5.41) is 1.11. The zero-order chi connectivity index (χ0) is 16.0. The van der Waals surface area contributed by atoms with Crippen molar-refractivity contribution < 1.29 is 13.2 Å². The molecule has 116 valence electrons. The van der Waals surface area contributed by atoms with Crippen molar-refractivity contribution >= 4 is 22.0 Å². The van der Waals surface area contributed by atoms with Crippen molar-refractivity contribution in [3.05, 3.63) is 40.8 Å². The number of hydrogen-bond acceptors (Lipinski definition) is 3. The molecule has 21 heavy (non-hydrogen) atoms. The van der Waals surface area contributed by atoms with E-state index in [4.69, 9.17) is 5.73 Å². The van der Waals surface area contributed by atoms with Crippen LogP contribution in [-0.4, -0.2) is 31.7 Å². The molecular formula is C15H22N2O3S. The van der Waals surface area contributed by atoms with Gasteiger partial charge >= 0.3 is 0 Å². The summed E-state index contributed by atoms with van der Waals surface area (Å²) in [6, 6.07) is 7.48. The lowest BCUT2D eigenvalue weighted by Gasteiger charge is -2.20. The number of aryl methyl sites for hydroxylation is 1. The van der Waals surface area contributed by atoms with E-state index >= 15 is 0 Å². The minimum atomic E-state index is -3.67. The van der Waals surface area contributed by atoms with Gasteiger partial charge in [0.25, 0.3) is 0 Å². The fourth-order valence-corrected chi connectivity index (χ4v) is 3.08. The highest BCUT2D eigenvalue weighted by Crippen LogP contribution is 2.11. The molecule has 6 heteroatoms. The Kier molecular flexibility index (Phi) is 6.11. The predicted octanol–water partition coefficient (Wildman–Crippen LogP) is 1.74. The van der Waals surface area contributed by atoms with E-state index in [1.54, 1.807) is 0 Å². The lowest BCUT2D eigenvalue weighted by atomic mass is 10.2. The topological polar surface area (TPSA) is 80.5 Å². The lowest BCUT2D eigenvalue weighted by Crippen LogP contribution is -2.39. The van der Waals surface area contributed by atoms with Gasteiger partial charge in [0.05, 0.1) is 6.54 Å². The van der Waals surface area contributed by atoms with Crippen LogP contribution in [-0.2, 0) is 14.8 Å². The maximum atomic E-state index is 12.3. The second-order valence-electron chi connectivity index (χ2n) is 5.41. The maximum Gasteiger partial charge on any atom is 0.236 e. The molecule has 0 heterocycles. The molecule has 0 radical (unpaired) electrons. The molecule has 0 saturated heterocycles. The SMILES string of the molecule is Cc1ccc(/C=C/S(=O)(=O)N(CC(N)=O)CC(C)C)cc1. The van der Waals surface area contributed by atoms with Gasteiger partial charge in [-0.1, -0.05) is 43.7 Å². The number of benzene rings is 1. The van der Waals surface area contributed by atoms with Crippen molar-refractivity contribution in [3.63, 3.8) is 0 Å². The van der Waals surface area contributed by atoms with Gasteiger partial charge in [0.1, 0.15) is 0 Å². The second kappa shape index (κ2) is 7.38. The molecule has 1 amide bonds. The highest BCUT2D eigenvalue weighted by molar-refractivity contribution is 7.92. The Morgan fingerprint density at radius 1 is 1.29 bits per heavy atom. The fraction of sp³-hybridized carbons (Fsp3) is 0.400. The monoisotopic (exact) mass is 310 g/mol. The van der Waals surface area contributed by atoms with E-state index in [1.807, 2.05) is 45.0 Å². The van der Waals surface area contributed by atoms with Crippen LogP contribution >= 0.6 is 0 Å². The Labute approximate surface area is 126 Å². The molecule has 0 unspecified atom stereocenters. The summed E-state index contributed by atoms with van der Waals surface area (Å²) < 4.78 is 25.6. The Bertz CT molecular complexity index is 604. The summed E-state index contributed by atoms with van der Waals surface area (Å²) in [5.74, 6) is -0.560. The van der Waals surface area contributed by atoms with Crippen LogP contribution in [0.4, 0.5) is 0 Å². The summed E-state index contributed by atoms with van der Waals surface area (Å²) in [6.07, 6.45) is 1.52. The molecule has 1 aromatic rings. The number of carbonyl (C=O) groups excluding carboxylic acids is 1. The van der Waals surface area contributed by atoms with Crippen molar-refractivity contribution in [3.8, 4) is 0 Å². The molecule has 5 nitrogen and oxygen atoms in total. The number of carbonyl (C=O) groups is 1. The zero-order valence-corrected chi connectivity index (χ0v) is 13.4. The summed E-state index contributed by atoms with van der Waals surface area (Å²) in [7, 11) is -3.67. The highest BCUT2D eigenvalue weighted by atomic mass is 32.2. The predicted molar refractivity (Wildman–Crippen MR) is 84.7 cm³/mol. The first-order chi connectivity index (χ1) is 9.70. The molecule has 0 bridgehead atoms. The van der Waals surface area contributed by atoms with Crippen LogP contribution in [0.2, 0.25) is 0 Å². The van der Waals surface area contributed by atoms with Crippen molar-refractivity contribution in [2.24, 2.45) is 11.7 Å². The van der Waals surface area contributed by atoms with Crippen molar-refractivity contribution in [2.75, 3.05) is 13.1 Å². The number of rotatable bonds is 7. The lowest BCUT2D eigenvalue weighted by molar-refractivity contribution is -0.118. The number of sulfonamides is 1. The standard InChI is InChI=1S/C15H22N2O3S/c1-12(2)10-17(11-15(16)18)21(19,20)9-8-14-6-4-13(3)5-7-14/h4-9,12H,10-11H2,1-3H3,(H2,16,18)/b9-8+. The smallest absolute Gasteiger partial charge is 0.236 e. The van der Waals surface area contributed by atoms with Crippen LogP contribution in [0.15, 0.2) is 29.7 Å². The number of primary amides is 1. The normalized spacial score (nSPS) is 12.4. The number of nitrogens with two attached hydrogens (primary N) is 1. The van der Waals surface area contributed by atoms with E-state index in [1.165, 1.54) is 6.08 Å². The molecule has 0 atom stereocenters. The summed E-state index contributed by atoms with van der Waals surface area (Å²) >= 11 is 0. The van der Waals surface area contributed by atoms with Crippen LogP contribution in [0, 0.1) is 12.8 Å². The van der Waals surface area contributed by atoms with Crippen LogP contribution < -0.4 is 5.73 Å². The van der Waals surface area contributed by atoms with Gasteiger partial charge in [-0.3, -0.25) is 4.79 Å². The first-order valence-corrected chi connectivity index (χ1v) is 8.24. The van der Waals surface area contributed by atoms with Crippen molar-refractivity contribution in [1.29, 1.82) is 0 Å². The molecule has 0 aliphatic rings. The average molecular weight is 310 g/mol. The van der Waals surface area contributed by atoms with Gasteiger partial charge in [-0.25, -0.2) is 8.42 Å². The van der Waals surface area contributed by atoms with Gasteiger partial charge in [0.15, 0.2) is 0 Å². The van der Waals surface area contributed by atoms with Gasteiger partial charge in [0.2, 0.25) is 15.9 Å². The quantitative estimate of drug-likeness (QED) is 0.833. The Hall–Kier alpha value is -1.66. The van der Waals surface area contributed by atoms with Gasteiger partial charge in [-0.2, -0.15) is 4.31 Å². The third-order valence-electron chi connectivity index (χ3n) is 2.77. The van der Waals surface area contributed by atoms with Crippen LogP contribution in [0.3, 0.4) is 0 Å². The molecule has 0 aliphatic heterocycles. The number of hydrogen-bond donors (Lipinski definition) is 1. The van der Waals surface area contributed by atoms with Gasteiger partial charge in [-0.05, 0) is 24.5 Å². The highest BCUT2D eigenvalue weighted by Gasteiger charge is 2.21. The Balaban J connectivity index is 2.94. The molecular weight excluding hydrogens is 288 g/mol. The van der Waals surface area contributed by atoms with Gasteiger partial charge < -0.3 is 5.73 Å². The molecule has 0 spiro atoms. The largest absolute Gasteiger partial charge is 0.369 e. The molecule has 0 aliphatic carbocycles. The van der Waals surface area contributed by atoms with Crippen LogP contribution in [0.25, 0.3) is 6.08 Å². The minimum absolute atomic E-state index is 0.104. The molecule has 1 rings (SSSR count). The van der Waals surface area contributed by atoms with Gasteiger partial charge in [0, 0.05) is 12.0 Å². The summed E-state index contributed by atoms with van der Waals surface area (Å²) in [6.45, 7) is 5.67. The van der Waals surface area contributed by atoms with E-state index in [-0.39, 0.29) is 19.0 Å². The fourth-order valence-electron chi connectivity index (χ4n) is 1.77. The van der Waals surface area contributed by atoms with E-state index < -0.39 is 15.9 Å². The average Bonchev–Trinajstić information content (AvgIpc) is 2.36. The third kappa shape index (κ3) is 6.10. The van der Waals surface area contributed by atoms with Crippen molar-refractivity contribution in [1.82, 2.24) is 4.31 Å².